The van der Waals surface area contributed by atoms with E-state index < -0.39 is 0 Å². The first-order valence-corrected chi connectivity index (χ1v) is 7.69. The van der Waals surface area contributed by atoms with Gasteiger partial charge in [0.05, 0.1) is 12.1 Å². The lowest BCUT2D eigenvalue weighted by Crippen LogP contribution is -2.26. The van der Waals surface area contributed by atoms with Crippen LogP contribution in [0.1, 0.15) is 25.5 Å². The van der Waals surface area contributed by atoms with Crippen LogP contribution in [0.15, 0.2) is 35.7 Å². The number of rotatable bonds is 7. The van der Waals surface area contributed by atoms with Crippen LogP contribution in [-0.4, -0.2) is 17.4 Å². The van der Waals surface area contributed by atoms with Crippen molar-refractivity contribution in [3.05, 3.63) is 41.4 Å². The topological polar surface area (TPSA) is 54.0 Å². The Bertz CT molecular complexity index is 539. The predicted octanol–water partition coefficient (Wildman–Crippen LogP) is 3.35. The van der Waals surface area contributed by atoms with Crippen LogP contribution in [0.25, 0.3) is 0 Å². The van der Waals surface area contributed by atoms with Gasteiger partial charge in [0.1, 0.15) is 0 Å². The van der Waals surface area contributed by atoms with Crippen LogP contribution in [0.2, 0.25) is 0 Å². The molecule has 1 aromatic heterocycles. The SMILES string of the molecule is CCCCNC(=O)Cc1csc(Nc2ccccc2)n1. The van der Waals surface area contributed by atoms with Crippen LogP contribution in [0.5, 0.6) is 0 Å². The van der Waals surface area contributed by atoms with Gasteiger partial charge in [0.2, 0.25) is 5.91 Å². The van der Waals surface area contributed by atoms with Gasteiger partial charge in [0.15, 0.2) is 5.13 Å². The number of benzene rings is 1. The van der Waals surface area contributed by atoms with Crippen molar-refractivity contribution in [2.75, 3.05) is 11.9 Å². The molecule has 4 nitrogen and oxygen atoms in total. The normalized spacial score (nSPS) is 10.2. The zero-order valence-electron chi connectivity index (χ0n) is 11.6. The lowest BCUT2D eigenvalue weighted by atomic mass is 10.3. The Morgan fingerprint density at radius 3 is 2.85 bits per heavy atom. The first-order chi connectivity index (χ1) is 9.78. The standard InChI is InChI=1S/C15H19N3OS/c1-2-3-9-16-14(19)10-13-11-20-15(18-13)17-12-7-5-4-6-8-12/h4-8,11H,2-3,9-10H2,1H3,(H,16,19)(H,17,18). The minimum atomic E-state index is 0.0370. The van der Waals surface area contributed by atoms with Crippen molar-refractivity contribution in [1.29, 1.82) is 0 Å². The smallest absolute Gasteiger partial charge is 0.226 e. The molecule has 1 amide bonds. The van der Waals surface area contributed by atoms with Crippen molar-refractivity contribution in [1.82, 2.24) is 10.3 Å². The molecular formula is C15H19N3OS. The number of nitrogens with one attached hydrogen (secondary N) is 2. The molecule has 20 heavy (non-hydrogen) atoms. The zero-order valence-corrected chi connectivity index (χ0v) is 12.4. The number of nitrogens with zero attached hydrogens (tertiary/aromatic N) is 1. The summed E-state index contributed by atoms with van der Waals surface area (Å²) in [4.78, 5) is 16.1. The van der Waals surface area contributed by atoms with E-state index in [1.165, 1.54) is 11.3 Å². The number of amides is 1. The van der Waals surface area contributed by atoms with Crippen LogP contribution in [0.4, 0.5) is 10.8 Å². The third-order valence-electron chi connectivity index (χ3n) is 2.77. The van der Waals surface area contributed by atoms with E-state index in [2.05, 4.69) is 22.5 Å². The highest BCUT2D eigenvalue weighted by molar-refractivity contribution is 7.13. The Hall–Kier alpha value is -1.88. The maximum Gasteiger partial charge on any atom is 0.226 e. The second-order valence-corrected chi connectivity index (χ2v) is 5.37. The van der Waals surface area contributed by atoms with E-state index in [1.807, 2.05) is 35.7 Å². The number of hydrogen-bond acceptors (Lipinski definition) is 4. The fourth-order valence-electron chi connectivity index (χ4n) is 1.72. The maximum absolute atomic E-state index is 11.7. The van der Waals surface area contributed by atoms with Crippen molar-refractivity contribution in [2.45, 2.75) is 26.2 Å². The summed E-state index contributed by atoms with van der Waals surface area (Å²) in [6.07, 6.45) is 2.45. The molecule has 0 fully saturated rings. The molecule has 0 atom stereocenters. The summed E-state index contributed by atoms with van der Waals surface area (Å²) in [5.41, 5.74) is 1.81. The maximum atomic E-state index is 11.7. The molecule has 1 heterocycles. The van der Waals surface area contributed by atoms with Crippen LogP contribution in [-0.2, 0) is 11.2 Å². The molecule has 0 aliphatic carbocycles. The number of para-hydroxylation sites is 1. The minimum Gasteiger partial charge on any atom is -0.356 e. The summed E-state index contributed by atoms with van der Waals surface area (Å²) in [5.74, 6) is 0.0370. The molecule has 0 unspecified atom stereocenters. The Labute approximate surface area is 123 Å². The first-order valence-electron chi connectivity index (χ1n) is 6.81. The summed E-state index contributed by atoms with van der Waals surface area (Å²) in [7, 11) is 0. The highest BCUT2D eigenvalue weighted by Crippen LogP contribution is 2.20. The van der Waals surface area contributed by atoms with Gasteiger partial charge in [-0.3, -0.25) is 4.79 Å². The molecular weight excluding hydrogens is 270 g/mol. The van der Waals surface area contributed by atoms with E-state index in [-0.39, 0.29) is 5.91 Å². The molecule has 0 spiro atoms. The van der Waals surface area contributed by atoms with Crippen molar-refractivity contribution in [3.63, 3.8) is 0 Å². The van der Waals surface area contributed by atoms with Crippen LogP contribution in [0, 0.1) is 0 Å². The third-order valence-corrected chi connectivity index (χ3v) is 3.58. The van der Waals surface area contributed by atoms with E-state index in [0.29, 0.717) is 6.42 Å². The Kier molecular flexibility index (Phi) is 5.55. The number of carbonyl (C=O) groups is 1. The summed E-state index contributed by atoms with van der Waals surface area (Å²) in [6.45, 7) is 2.85. The largest absolute Gasteiger partial charge is 0.356 e. The molecule has 5 heteroatoms. The number of carbonyl (C=O) groups excluding carboxylic acids is 1. The Morgan fingerprint density at radius 2 is 2.10 bits per heavy atom. The van der Waals surface area contributed by atoms with Crippen LogP contribution in [0.3, 0.4) is 0 Å². The van der Waals surface area contributed by atoms with Gasteiger partial charge in [0, 0.05) is 17.6 Å². The molecule has 106 valence electrons. The van der Waals surface area contributed by atoms with Gasteiger partial charge in [-0.05, 0) is 18.6 Å². The van der Waals surface area contributed by atoms with Gasteiger partial charge in [0.25, 0.3) is 0 Å². The second-order valence-electron chi connectivity index (χ2n) is 4.52. The van der Waals surface area contributed by atoms with E-state index >= 15 is 0 Å². The molecule has 2 rings (SSSR count). The predicted molar refractivity (Wildman–Crippen MR) is 83.5 cm³/mol. The molecule has 0 aliphatic heterocycles. The molecule has 1 aromatic carbocycles. The van der Waals surface area contributed by atoms with Gasteiger partial charge in [-0.25, -0.2) is 4.98 Å². The number of hydrogen-bond donors (Lipinski definition) is 2. The molecule has 0 bridgehead atoms. The molecule has 2 aromatic rings. The van der Waals surface area contributed by atoms with Gasteiger partial charge >= 0.3 is 0 Å². The summed E-state index contributed by atoms with van der Waals surface area (Å²) < 4.78 is 0. The average molecular weight is 289 g/mol. The highest BCUT2D eigenvalue weighted by atomic mass is 32.1. The second kappa shape index (κ2) is 7.65. The fraction of sp³-hybridized carbons (Fsp3) is 0.333. The summed E-state index contributed by atoms with van der Waals surface area (Å²) in [6, 6.07) is 9.88. The summed E-state index contributed by atoms with van der Waals surface area (Å²) in [5, 5.41) is 8.86. The molecule has 2 N–H and O–H groups in total. The average Bonchev–Trinajstić information content (AvgIpc) is 2.87. The number of thiazole rings is 1. The van der Waals surface area contributed by atoms with Gasteiger partial charge in [-0.1, -0.05) is 31.5 Å². The van der Waals surface area contributed by atoms with Crippen LogP contribution >= 0.6 is 11.3 Å². The van der Waals surface area contributed by atoms with Gasteiger partial charge in [-0.15, -0.1) is 11.3 Å². The number of unbranched alkanes of at least 4 members (excludes halogenated alkanes) is 1. The van der Waals surface area contributed by atoms with E-state index in [1.54, 1.807) is 0 Å². The van der Waals surface area contributed by atoms with E-state index in [9.17, 15) is 4.79 Å². The van der Waals surface area contributed by atoms with Crippen molar-refractivity contribution in [3.8, 4) is 0 Å². The molecule has 0 saturated carbocycles. The van der Waals surface area contributed by atoms with Crippen molar-refractivity contribution < 1.29 is 4.79 Å². The number of anilines is 2. The van der Waals surface area contributed by atoms with Gasteiger partial charge < -0.3 is 10.6 Å². The van der Waals surface area contributed by atoms with Gasteiger partial charge in [-0.2, -0.15) is 0 Å². The minimum absolute atomic E-state index is 0.0370. The third kappa shape index (κ3) is 4.66. The lowest BCUT2D eigenvalue weighted by molar-refractivity contribution is -0.120. The number of aromatic nitrogens is 1. The lowest BCUT2D eigenvalue weighted by Gasteiger charge is -2.02. The quantitative estimate of drug-likeness (QED) is 0.769. The van der Waals surface area contributed by atoms with E-state index in [4.69, 9.17) is 0 Å². The highest BCUT2D eigenvalue weighted by Gasteiger charge is 2.07. The molecule has 0 radical (unpaired) electrons. The zero-order chi connectivity index (χ0) is 14.2. The van der Waals surface area contributed by atoms with Crippen LogP contribution < -0.4 is 10.6 Å². The Morgan fingerprint density at radius 1 is 1.30 bits per heavy atom. The monoisotopic (exact) mass is 289 g/mol. The first kappa shape index (κ1) is 14.5. The fourth-order valence-corrected chi connectivity index (χ4v) is 2.45. The van der Waals surface area contributed by atoms with Crippen molar-refractivity contribution >= 4 is 28.1 Å². The van der Waals surface area contributed by atoms with E-state index in [0.717, 1.165) is 35.9 Å². The van der Waals surface area contributed by atoms with Crippen molar-refractivity contribution in [2.24, 2.45) is 0 Å². The molecule has 0 saturated heterocycles. The molecule has 0 aliphatic rings. The Balaban J connectivity index is 1.84. The summed E-state index contributed by atoms with van der Waals surface area (Å²) >= 11 is 1.51.